The van der Waals surface area contributed by atoms with E-state index in [0.29, 0.717) is 45.0 Å². The maximum absolute atomic E-state index is 13.7. The van der Waals surface area contributed by atoms with Gasteiger partial charge in [0.05, 0.1) is 37.8 Å². The molecule has 1 saturated heterocycles. The summed E-state index contributed by atoms with van der Waals surface area (Å²) in [6.45, 7) is 0.715. The summed E-state index contributed by atoms with van der Waals surface area (Å²) in [5.74, 6) is 1.27. The highest BCUT2D eigenvalue weighted by Gasteiger charge is 2.34. The average Bonchev–Trinajstić information content (AvgIpc) is 3.57. The standard InChI is InChI=1S/C23H20ClN7O2S/c1-34(33)17-12-25-20-18(17)22(27-13-26-20)29-10-5-8-16(29)21-28-30-11-9-15(24)19(30)23(32)31(21)14-6-3-2-4-7-14/h2-4,6-7,9,11-13,16H,5,8,10H2,1H3,(H,25,26,27)/t16-,34+/m0/s1. The highest BCUT2D eigenvalue weighted by molar-refractivity contribution is 7.84. The van der Waals surface area contributed by atoms with E-state index in [-0.39, 0.29) is 11.6 Å². The Morgan fingerprint density at radius 1 is 1.18 bits per heavy atom. The van der Waals surface area contributed by atoms with Crippen molar-refractivity contribution < 1.29 is 4.21 Å². The van der Waals surface area contributed by atoms with Crippen LogP contribution in [-0.4, -0.2) is 46.1 Å². The molecule has 0 amide bonds. The van der Waals surface area contributed by atoms with Crippen LogP contribution in [0.15, 0.2) is 64.8 Å². The lowest BCUT2D eigenvalue weighted by molar-refractivity contribution is 0.602. The molecule has 5 aromatic rings. The largest absolute Gasteiger partial charge is 0.346 e. The first-order chi connectivity index (χ1) is 16.5. The van der Waals surface area contributed by atoms with Crippen LogP contribution < -0.4 is 10.5 Å². The maximum atomic E-state index is 13.7. The van der Waals surface area contributed by atoms with Gasteiger partial charge in [-0.2, -0.15) is 5.10 Å². The van der Waals surface area contributed by atoms with Gasteiger partial charge >= 0.3 is 0 Å². The third-order valence-electron chi connectivity index (χ3n) is 6.22. The minimum absolute atomic E-state index is 0.232. The van der Waals surface area contributed by atoms with Crippen LogP contribution in [0.4, 0.5) is 5.82 Å². The first-order valence-corrected chi connectivity index (χ1v) is 12.8. The van der Waals surface area contributed by atoms with Crippen molar-refractivity contribution >= 4 is 44.8 Å². The Morgan fingerprint density at radius 3 is 2.79 bits per heavy atom. The van der Waals surface area contributed by atoms with E-state index in [0.717, 1.165) is 18.2 Å². The summed E-state index contributed by atoms with van der Waals surface area (Å²) in [5, 5.41) is 5.95. The normalized spacial score (nSPS) is 17.1. The molecule has 0 radical (unpaired) electrons. The van der Waals surface area contributed by atoms with Crippen molar-refractivity contribution in [2.75, 3.05) is 17.7 Å². The fraction of sp³-hybridized carbons (Fsp3) is 0.217. The first-order valence-electron chi connectivity index (χ1n) is 10.8. The van der Waals surface area contributed by atoms with Crippen LogP contribution in [0, 0.1) is 0 Å². The SMILES string of the molecule is C[S@@](=O)c1c[nH]c2ncnc(N3CCC[C@H]3c3nn4ccc(Cl)c4c(=O)n3-c3ccccc3)c12. The molecule has 0 saturated carbocycles. The van der Waals surface area contributed by atoms with Crippen molar-refractivity contribution in [3.05, 3.63) is 76.3 Å². The predicted octanol–water partition coefficient (Wildman–Crippen LogP) is 3.49. The van der Waals surface area contributed by atoms with Crippen molar-refractivity contribution in [3.8, 4) is 5.69 Å². The van der Waals surface area contributed by atoms with Gasteiger partial charge in [-0.15, -0.1) is 0 Å². The van der Waals surface area contributed by atoms with Gasteiger partial charge in [0.2, 0.25) is 0 Å². The summed E-state index contributed by atoms with van der Waals surface area (Å²) in [6.07, 6.45) is 8.22. The van der Waals surface area contributed by atoms with Crippen LogP contribution in [0.3, 0.4) is 0 Å². The number of rotatable bonds is 4. The van der Waals surface area contributed by atoms with Crippen molar-refractivity contribution in [1.29, 1.82) is 0 Å². The summed E-state index contributed by atoms with van der Waals surface area (Å²) in [5.41, 5.74) is 1.44. The van der Waals surface area contributed by atoms with E-state index >= 15 is 0 Å². The highest BCUT2D eigenvalue weighted by Crippen LogP contribution is 2.39. The smallest absolute Gasteiger partial charge is 0.284 e. The zero-order valence-corrected chi connectivity index (χ0v) is 19.8. The van der Waals surface area contributed by atoms with Gasteiger partial charge < -0.3 is 9.88 Å². The number of H-pyrrole nitrogens is 1. The molecule has 6 rings (SSSR count). The number of nitrogens with zero attached hydrogens (tertiary/aromatic N) is 6. The molecule has 1 aromatic carbocycles. The molecule has 34 heavy (non-hydrogen) atoms. The summed E-state index contributed by atoms with van der Waals surface area (Å²) >= 11 is 6.34. The second kappa shape index (κ2) is 8.07. The number of halogens is 1. The number of hydrogen-bond donors (Lipinski definition) is 1. The fourth-order valence-electron chi connectivity index (χ4n) is 4.74. The van der Waals surface area contributed by atoms with Gasteiger partial charge in [-0.05, 0) is 31.0 Å². The van der Waals surface area contributed by atoms with E-state index in [9.17, 15) is 9.00 Å². The molecule has 0 unspecified atom stereocenters. The lowest BCUT2D eigenvalue weighted by atomic mass is 10.2. The molecule has 5 heterocycles. The Morgan fingerprint density at radius 2 is 2.00 bits per heavy atom. The van der Waals surface area contributed by atoms with Gasteiger partial charge in [0.1, 0.15) is 23.3 Å². The average molecular weight is 494 g/mol. The van der Waals surface area contributed by atoms with Crippen LogP contribution in [-0.2, 0) is 10.8 Å². The second-order valence-corrected chi connectivity index (χ2v) is 9.93. The number of fused-ring (bicyclic) bond motifs is 2. The number of aromatic amines is 1. The van der Waals surface area contributed by atoms with E-state index in [2.05, 4.69) is 19.9 Å². The Kier molecular flexibility index (Phi) is 5.00. The van der Waals surface area contributed by atoms with Gasteiger partial charge in [-0.25, -0.2) is 14.5 Å². The van der Waals surface area contributed by atoms with E-state index in [1.807, 2.05) is 30.3 Å². The van der Waals surface area contributed by atoms with Crippen LogP contribution in [0.1, 0.15) is 24.7 Å². The van der Waals surface area contributed by atoms with Gasteiger partial charge in [-0.3, -0.25) is 13.6 Å². The molecule has 1 aliphatic heterocycles. The summed E-state index contributed by atoms with van der Waals surface area (Å²) in [6, 6.07) is 10.9. The lowest BCUT2D eigenvalue weighted by Gasteiger charge is -2.27. The molecule has 4 aromatic heterocycles. The number of hydrogen-bond acceptors (Lipinski definition) is 6. The van der Waals surface area contributed by atoms with Crippen LogP contribution >= 0.6 is 11.6 Å². The van der Waals surface area contributed by atoms with E-state index in [1.54, 1.807) is 33.8 Å². The van der Waals surface area contributed by atoms with Gasteiger partial charge in [0.15, 0.2) is 5.82 Å². The van der Waals surface area contributed by atoms with Crippen molar-refractivity contribution in [2.45, 2.75) is 23.8 Å². The molecular formula is C23H20ClN7O2S. The van der Waals surface area contributed by atoms with Gasteiger partial charge in [0, 0.05) is 25.2 Å². The molecule has 172 valence electrons. The molecule has 11 heteroatoms. The zero-order chi connectivity index (χ0) is 23.4. The molecule has 1 aliphatic rings. The Balaban J connectivity index is 1.60. The summed E-state index contributed by atoms with van der Waals surface area (Å²) in [7, 11) is -1.22. The van der Waals surface area contributed by atoms with E-state index < -0.39 is 10.8 Å². The number of para-hydroxylation sites is 1. The Labute approximate surface area is 201 Å². The minimum atomic E-state index is -1.22. The predicted molar refractivity (Wildman–Crippen MR) is 131 cm³/mol. The third kappa shape index (κ3) is 3.17. The highest BCUT2D eigenvalue weighted by atomic mass is 35.5. The van der Waals surface area contributed by atoms with Crippen molar-refractivity contribution in [2.24, 2.45) is 0 Å². The molecule has 0 aliphatic carbocycles. The molecule has 1 fully saturated rings. The number of aromatic nitrogens is 6. The summed E-state index contributed by atoms with van der Waals surface area (Å²) < 4.78 is 15.6. The van der Waals surface area contributed by atoms with Crippen molar-refractivity contribution in [1.82, 2.24) is 29.1 Å². The Hall–Kier alpha value is -3.50. The van der Waals surface area contributed by atoms with E-state index in [4.69, 9.17) is 16.7 Å². The monoisotopic (exact) mass is 493 g/mol. The van der Waals surface area contributed by atoms with Crippen LogP contribution in [0.5, 0.6) is 0 Å². The molecular weight excluding hydrogens is 474 g/mol. The number of anilines is 1. The molecule has 0 bridgehead atoms. The Bertz CT molecular complexity index is 1630. The minimum Gasteiger partial charge on any atom is -0.346 e. The quantitative estimate of drug-likeness (QED) is 0.411. The van der Waals surface area contributed by atoms with E-state index in [1.165, 1.54) is 6.33 Å². The van der Waals surface area contributed by atoms with Crippen LogP contribution in [0.2, 0.25) is 5.02 Å². The van der Waals surface area contributed by atoms with Gasteiger partial charge in [0.25, 0.3) is 5.56 Å². The third-order valence-corrected chi connectivity index (χ3v) is 7.47. The molecule has 1 N–H and O–H groups in total. The summed E-state index contributed by atoms with van der Waals surface area (Å²) in [4.78, 5) is 28.5. The molecule has 9 nitrogen and oxygen atoms in total. The van der Waals surface area contributed by atoms with Crippen LogP contribution in [0.25, 0.3) is 22.2 Å². The molecule has 2 atom stereocenters. The first kappa shape index (κ1) is 21.1. The maximum Gasteiger partial charge on any atom is 0.284 e. The second-order valence-electron chi connectivity index (χ2n) is 8.17. The number of benzene rings is 1. The fourth-order valence-corrected chi connectivity index (χ4v) is 5.67. The number of nitrogens with one attached hydrogen (secondary N) is 1. The molecule has 0 spiro atoms. The lowest BCUT2D eigenvalue weighted by Crippen LogP contribution is -2.33. The topological polar surface area (TPSA) is 101 Å². The van der Waals surface area contributed by atoms with Gasteiger partial charge in [-0.1, -0.05) is 29.8 Å². The van der Waals surface area contributed by atoms with Crippen molar-refractivity contribution in [3.63, 3.8) is 0 Å². The zero-order valence-electron chi connectivity index (χ0n) is 18.2.